The predicted molar refractivity (Wildman–Crippen MR) is 104 cm³/mol. The number of Topliss-reactive ketones (excluding diaryl/α,β-unsaturated/α-hetero) is 1. The van der Waals surface area contributed by atoms with Gasteiger partial charge in [-0.3, -0.25) is 9.89 Å². The number of thiazole rings is 1. The summed E-state index contributed by atoms with van der Waals surface area (Å²) in [5.74, 6) is 1.39. The Labute approximate surface area is 156 Å². The summed E-state index contributed by atoms with van der Waals surface area (Å²) in [6.07, 6.45) is 3.11. The van der Waals surface area contributed by atoms with Gasteiger partial charge in [0.2, 0.25) is 0 Å². The van der Waals surface area contributed by atoms with Gasteiger partial charge in [0.15, 0.2) is 5.78 Å². The normalized spacial score (nSPS) is 25.0. The van der Waals surface area contributed by atoms with E-state index in [0.717, 1.165) is 33.7 Å². The van der Waals surface area contributed by atoms with Crippen molar-refractivity contribution in [1.29, 1.82) is 0 Å². The number of hydrogen-bond acceptors (Lipinski definition) is 5. The van der Waals surface area contributed by atoms with Crippen LogP contribution in [-0.2, 0) is 0 Å². The molecule has 2 bridgehead atoms. The Kier molecular flexibility index (Phi) is 3.90. The molecule has 0 radical (unpaired) electrons. The summed E-state index contributed by atoms with van der Waals surface area (Å²) in [7, 11) is 0. The highest BCUT2D eigenvalue weighted by atomic mass is 32.1. The smallest absolute Gasteiger partial charge is 0.184 e. The lowest BCUT2D eigenvalue weighted by Crippen LogP contribution is -2.47. The van der Waals surface area contributed by atoms with Crippen LogP contribution in [0.1, 0.15) is 35.4 Å². The van der Waals surface area contributed by atoms with Gasteiger partial charge in [-0.05, 0) is 56.8 Å². The van der Waals surface area contributed by atoms with E-state index in [4.69, 9.17) is 0 Å². The minimum Gasteiger partial charge on any atom is -0.303 e. The summed E-state index contributed by atoms with van der Waals surface area (Å²) in [5.41, 5.74) is 3.60. The van der Waals surface area contributed by atoms with Crippen molar-refractivity contribution in [1.82, 2.24) is 20.1 Å². The fraction of sp³-hybridized carbons (Fsp3) is 0.450. The molecule has 0 spiro atoms. The number of nitrogens with one attached hydrogen (secondary N) is 1. The van der Waals surface area contributed by atoms with Crippen LogP contribution >= 0.6 is 11.3 Å². The number of H-pyrrole nitrogens is 1. The third kappa shape index (κ3) is 2.77. The maximum atomic E-state index is 12.9. The Balaban J connectivity index is 1.39. The van der Waals surface area contributed by atoms with Crippen molar-refractivity contribution in [3.8, 4) is 10.6 Å². The molecule has 5 nitrogen and oxygen atoms in total. The zero-order chi connectivity index (χ0) is 17.7. The van der Waals surface area contributed by atoms with Crippen LogP contribution in [0.25, 0.3) is 21.5 Å². The average molecular weight is 366 g/mol. The number of fused-ring (bicyclic) bond motifs is 4. The van der Waals surface area contributed by atoms with Gasteiger partial charge in [-0.2, -0.15) is 5.10 Å². The molecular weight excluding hydrogens is 344 g/mol. The van der Waals surface area contributed by atoms with Crippen LogP contribution in [0.3, 0.4) is 0 Å². The zero-order valence-electron chi connectivity index (χ0n) is 14.9. The Hall–Kier alpha value is -2.05. The minimum absolute atomic E-state index is 0.174. The molecule has 3 fully saturated rings. The third-order valence-electron chi connectivity index (χ3n) is 5.93. The van der Waals surface area contributed by atoms with Gasteiger partial charge in [0.25, 0.3) is 0 Å². The maximum absolute atomic E-state index is 12.9. The monoisotopic (exact) mass is 366 g/mol. The van der Waals surface area contributed by atoms with Gasteiger partial charge in [-0.25, -0.2) is 4.98 Å². The third-order valence-corrected chi connectivity index (χ3v) is 6.94. The second-order valence-electron chi connectivity index (χ2n) is 7.65. The Morgan fingerprint density at radius 2 is 2.19 bits per heavy atom. The van der Waals surface area contributed by atoms with Crippen molar-refractivity contribution in [2.45, 2.75) is 26.2 Å². The van der Waals surface area contributed by atoms with E-state index in [1.165, 1.54) is 25.9 Å². The summed E-state index contributed by atoms with van der Waals surface area (Å²) in [6, 6.07) is 6.10. The van der Waals surface area contributed by atoms with E-state index in [-0.39, 0.29) is 5.78 Å². The van der Waals surface area contributed by atoms with Crippen LogP contribution < -0.4 is 0 Å². The second kappa shape index (κ2) is 6.28. The van der Waals surface area contributed by atoms with E-state index in [2.05, 4.69) is 25.5 Å². The summed E-state index contributed by atoms with van der Waals surface area (Å²) in [6.45, 7) is 5.49. The summed E-state index contributed by atoms with van der Waals surface area (Å²) < 4.78 is 0. The highest BCUT2D eigenvalue weighted by molar-refractivity contribution is 7.13. The summed E-state index contributed by atoms with van der Waals surface area (Å²) in [4.78, 5) is 20.0. The molecule has 3 aliphatic heterocycles. The fourth-order valence-electron chi connectivity index (χ4n) is 4.51. The zero-order valence-corrected chi connectivity index (χ0v) is 15.7. The first-order valence-electron chi connectivity index (χ1n) is 9.33. The molecule has 1 atom stereocenters. The van der Waals surface area contributed by atoms with Gasteiger partial charge < -0.3 is 4.90 Å². The topological polar surface area (TPSA) is 61.9 Å². The molecule has 3 aromatic rings. The van der Waals surface area contributed by atoms with Gasteiger partial charge in [0, 0.05) is 35.0 Å². The molecule has 3 aliphatic rings. The number of hydrogen-bond donors (Lipinski definition) is 1. The molecular formula is C20H22N4OS. The molecule has 0 amide bonds. The molecule has 6 rings (SSSR count). The number of ketones is 1. The van der Waals surface area contributed by atoms with Crippen molar-refractivity contribution in [2.24, 2.45) is 11.8 Å². The van der Waals surface area contributed by atoms with Crippen molar-refractivity contribution in [3.05, 3.63) is 35.0 Å². The molecule has 6 heteroatoms. The van der Waals surface area contributed by atoms with Gasteiger partial charge >= 0.3 is 0 Å². The van der Waals surface area contributed by atoms with E-state index in [1.807, 2.05) is 25.1 Å². The highest BCUT2D eigenvalue weighted by Gasteiger charge is 2.35. The fourth-order valence-corrected chi connectivity index (χ4v) is 5.30. The van der Waals surface area contributed by atoms with Gasteiger partial charge in [-0.1, -0.05) is 6.07 Å². The second-order valence-corrected chi connectivity index (χ2v) is 8.51. The quantitative estimate of drug-likeness (QED) is 0.711. The standard InChI is InChI=1S/C20H22N4OS/c1-12-11-26-20(21-12)14-2-3-16-17(8-14)22-23-19(16)18(25)9-15-10-24-6-4-13(15)5-7-24/h2-3,8,11,13,15H,4-7,9-10H2,1H3,(H,22,23)/t15-/m0/s1. The number of nitrogens with zero attached hydrogens (tertiary/aromatic N) is 3. The number of aromatic amines is 1. The SMILES string of the molecule is Cc1csc(-c2ccc3c(C(=O)C[C@H]4CN5CCC4CC5)n[nH]c3c2)n1. The van der Waals surface area contributed by atoms with Gasteiger partial charge in [0.1, 0.15) is 10.7 Å². The summed E-state index contributed by atoms with van der Waals surface area (Å²) >= 11 is 1.64. The number of aromatic nitrogens is 3. The first-order chi connectivity index (χ1) is 12.7. The van der Waals surface area contributed by atoms with Gasteiger partial charge in [-0.15, -0.1) is 11.3 Å². The largest absolute Gasteiger partial charge is 0.303 e. The first-order valence-corrected chi connectivity index (χ1v) is 10.2. The van der Waals surface area contributed by atoms with E-state index < -0.39 is 0 Å². The Morgan fingerprint density at radius 1 is 1.35 bits per heavy atom. The van der Waals surface area contributed by atoms with E-state index in [1.54, 1.807) is 11.3 Å². The molecule has 0 aliphatic carbocycles. The van der Waals surface area contributed by atoms with E-state index in [0.29, 0.717) is 24.0 Å². The van der Waals surface area contributed by atoms with E-state index in [9.17, 15) is 4.79 Å². The van der Waals surface area contributed by atoms with Crippen LogP contribution in [0, 0.1) is 18.8 Å². The number of carbonyl (C=O) groups is 1. The number of aryl methyl sites for hydroxylation is 1. The first kappa shape index (κ1) is 16.1. The summed E-state index contributed by atoms with van der Waals surface area (Å²) in [5, 5.41) is 11.4. The van der Waals surface area contributed by atoms with Crippen LogP contribution in [0.2, 0.25) is 0 Å². The molecule has 3 saturated heterocycles. The lowest BCUT2D eigenvalue weighted by atomic mass is 9.76. The Bertz CT molecular complexity index is 967. The van der Waals surface area contributed by atoms with Crippen LogP contribution in [0.5, 0.6) is 0 Å². The highest BCUT2D eigenvalue weighted by Crippen LogP contribution is 2.35. The van der Waals surface area contributed by atoms with Gasteiger partial charge in [0.05, 0.1) is 5.52 Å². The van der Waals surface area contributed by atoms with Crippen LogP contribution in [0.4, 0.5) is 0 Å². The average Bonchev–Trinajstić information content (AvgIpc) is 3.28. The lowest BCUT2D eigenvalue weighted by molar-refractivity contribution is 0.0440. The van der Waals surface area contributed by atoms with Crippen molar-refractivity contribution >= 4 is 28.0 Å². The van der Waals surface area contributed by atoms with E-state index >= 15 is 0 Å². The number of piperidine rings is 3. The molecule has 5 heterocycles. The molecule has 26 heavy (non-hydrogen) atoms. The molecule has 2 aromatic heterocycles. The van der Waals surface area contributed by atoms with Crippen molar-refractivity contribution in [2.75, 3.05) is 19.6 Å². The number of carbonyl (C=O) groups excluding carboxylic acids is 1. The van der Waals surface area contributed by atoms with Crippen molar-refractivity contribution < 1.29 is 4.79 Å². The molecule has 0 saturated carbocycles. The number of rotatable bonds is 4. The molecule has 1 aromatic carbocycles. The Morgan fingerprint density at radius 3 is 2.88 bits per heavy atom. The number of benzene rings is 1. The minimum atomic E-state index is 0.174. The van der Waals surface area contributed by atoms with Crippen LogP contribution in [0.15, 0.2) is 23.6 Å². The molecule has 0 unspecified atom stereocenters. The molecule has 1 N–H and O–H groups in total. The van der Waals surface area contributed by atoms with Crippen molar-refractivity contribution in [3.63, 3.8) is 0 Å². The maximum Gasteiger partial charge on any atom is 0.184 e. The van der Waals surface area contributed by atoms with Crippen LogP contribution in [-0.4, -0.2) is 45.5 Å². The predicted octanol–water partition coefficient (Wildman–Crippen LogP) is 3.91. The molecule has 134 valence electrons. The lowest BCUT2D eigenvalue weighted by Gasteiger charge is -2.44.